The lowest BCUT2D eigenvalue weighted by atomic mass is 10.1. The summed E-state index contributed by atoms with van der Waals surface area (Å²) in [5.74, 6) is 0.0772. The van der Waals surface area contributed by atoms with Crippen LogP contribution in [0.4, 0.5) is 0 Å². The fraction of sp³-hybridized carbons (Fsp3) is 0.250. The van der Waals surface area contributed by atoms with Gasteiger partial charge in [0.25, 0.3) is 5.89 Å². The molecule has 0 aliphatic carbocycles. The lowest BCUT2D eigenvalue weighted by Gasteiger charge is -1.98. The van der Waals surface area contributed by atoms with Gasteiger partial charge in [0, 0.05) is 11.6 Å². The third kappa shape index (κ3) is 3.45. The number of hydrogen-bond donors (Lipinski definition) is 0. The number of carbonyl (C=O) groups is 1. The van der Waals surface area contributed by atoms with Crippen molar-refractivity contribution in [3.8, 4) is 11.4 Å². The Morgan fingerprint density at radius 3 is 2.61 bits per heavy atom. The maximum absolute atomic E-state index is 11.7. The monoisotopic (exact) mass is 313 g/mol. The van der Waals surface area contributed by atoms with Gasteiger partial charge in [0.1, 0.15) is 0 Å². The SMILES string of the molecule is CCc1ccc(-c2noc(COC(=O)c3cc(C)no3)n2)cc1. The first-order chi connectivity index (χ1) is 11.2. The van der Waals surface area contributed by atoms with Gasteiger partial charge in [-0.2, -0.15) is 4.98 Å². The molecule has 1 aromatic carbocycles. The molecule has 2 heterocycles. The Balaban J connectivity index is 1.63. The maximum Gasteiger partial charge on any atom is 0.377 e. The molecular formula is C16H15N3O4. The van der Waals surface area contributed by atoms with Crippen molar-refractivity contribution in [1.82, 2.24) is 15.3 Å². The highest BCUT2D eigenvalue weighted by atomic mass is 16.6. The molecule has 23 heavy (non-hydrogen) atoms. The summed E-state index contributed by atoms with van der Waals surface area (Å²) in [5, 5.41) is 7.51. The predicted octanol–water partition coefficient (Wildman–Crippen LogP) is 2.95. The van der Waals surface area contributed by atoms with Crippen molar-refractivity contribution in [2.45, 2.75) is 26.9 Å². The van der Waals surface area contributed by atoms with Gasteiger partial charge in [-0.05, 0) is 18.9 Å². The summed E-state index contributed by atoms with van der Waals surface area (Å²) >= 11 is 0. The van der Waals surface area contributed by atoms with Crippen LogP contribution in [0.5, 0.6) is 0 Å². The van der Waals surface area contributed by atoms with Gasteiger partial charge < -0.3 is 13.8 Å². The highest BCUT2D eigenvalue weighted by Gasteiger charge is 2.16. The van der Waals surface area contributed by atoms with Crippen LogP contribution in [0.1, 0.15) is 34.6 Å². The molecule has 118 valence electrons. The number of nitrogens with zero attached hydrogens (tertiary/aromatic N) is 3. The second-order valence-corrected chi connectivity index (χ2v) is 4.97. The molecule has 0 radical (unpaired) electrons. The van der Waals surface area contributed by atoms with Crippen LogP contribution < -0.4 is 0 Å². The number of aryl methyl sites for hydroxylation is 2. The molecule has 0 spiro atoms. The van der Waals surface area contributed by atoms with Crippen molar-refractivity contribution in [1.29, 1.82) is 0 Å². The van der Waals surface area contributed by atoms with Crippen LogP contribution in [0, 0.1) is 6.92 Å². The number of ether oxygens (including phenoxy) is 1. The molecule has 0 unspecified atom stereocenters. The minimum Gasteiger partial charge on any atom is -0.450 e. The molecule has 0 fully saturated rings. The zero-order valence-corrected chi connectivity index (χ0v) is 12.8. The van der Waals surface area contributed by atoms with Crippen LogP contribution in [0.25, 0.3) is 11.4 Å². The van der Waals surface area contributed by atoms with Crippen LogP contribution in [0.2, 0.25) is 0 Å². The van der Waals surface area contributed by atoms with E-state index in [4.69, 9.17) is 13.8 Å². The van der Waals surface area contributed by atoms with Crippen molar-refractivity contribution in [3.63, 3.8) is 0 Å². The molecule has 0 saturated carbocycles. The number of esters is 1. The fourth-order valence-electron chi connectivity index (χ4n) is 1.98. The van der Waals surface area contributed by atoms with Crippen molar-refractivity contribution in [2.24, 2.45) is 0 Å². The highest BCUT2D eigenvalue weighted by Crippen LogP contribution is 2.17. The first kappa shape index (κ1) is 15.0. The van der Waals surface area contributed by atoms with E-state index in [9.17, 15) is 4.79 Å². The van der Waals surface area contributed by atoms with E-state index < -0.39 is 5.97 Å². The van der Waals surface area contributed by atoms with E-state index in [0.29, 0.717) is 11.5 Å². The molecule has 0 N–H and O–H groups in total. The second-order valence-electron chi connectivity index (χ2n) is 4.97. The largest absolute Gasteiger partial charge is 0.450 e. The summed E-state index contributed by atoms with van der Waals surface area (Å²) in [6.07, 6.45) is 0.967. The zero-order chi connectivity index (χ0) is 16.2. The van der Waals surface area contributed by atoms with Crippen molar-refractivity contribution in [3.05, 3.63) is 53.2 Å². The lowest BCUT2D eigenvalue weighted by molar-refractivity contribution is 0.0383. The van der Waals surface area contributed by atoms with Crippen LogP contribution in [-0.2, 0) is 17.8 Å². The summed E-state index contributed by atoms with van der Waals surface area (Å²) in [4.78, 5) is 15.9. The van der Waals surface area contributed by atoms with Crippen LogP contribution >= 0.6 is 0 Å². The second kappa shape index (κ2) is 6.43. The smallest absolute Gasteiger partial charge is 0.377 e. The lowest BCUT2D eigenvalue weighted by Crippen LogP contribution is -2.04. The van der Waals surface area contributed by atoms with E-state index in [0.717, 1.165) is 12.0 Å². The molecular weight excluding hydrogens is 298 g/mol. The topological polar surface area (TPSA) is 91.2 Å². The van der Waals surface area contributed by atoms with Gasteiger partial charge in [-0.25, -0.2) is 4.79 Å². The Bertz CT molecular complexity index is 805. The van der Waals surface area contributed by atoms with Gasteiger partial charge in [0.15, 0.2) is 6.61 Å². The Hall–Kier alpha value is -2.96. The standard InChI is InChI=1S/C16H15N3O4/c1-3-11-4-6-12(7-5-11)15-17-14(23-19-15)9-21-16(20)13-8-10(2)18-22-13/h4-8H,3,9H2,1-2H3. The maximum atomic E-state index is 11.7. The summed E-state index contributed by atoms with van der Waals surface area (Å²) < 4.78 is 14.9. The van der Waals surface area contributed by atoms with E-state index in [1.54, 1.807) is 6.92 Å². The highest BCUT2D eigenvalue weighted by molar-refractivity contribution is 5.86. The number of rotatable bonds is 5. The van der Waals surface area contributed by atoms with Crippen LogP contribution in [-0.4, -0.2) is 21.3 Å². The molecule has 0 amide bonds. The van der Waals surface area contributed by atoms with Crippen molar-refractivity contribution < 1.29 is 18.6 Å². The number of benzene rings is 1. The molecule has 0 atom stereocenters. The van der Waals surface area contributed by atoms with Gasteiger partial charge in [-0.1, -0.05) is 41.5 Å². The third-order valence-corrected chi connectivity index (χ3v) is 3.24. The Morgan fingerprint density at radius 2 is 1.96 bits per heavy atom. The van der Waals surface area contributed by atoms with Gasteiger partial charge in [0.2, 0.25) is 11.6 Å². The molecule has 2 aromatic heterocycles. The Labute approximate surface area is 132 Å². The summed E-state index contributed by atoms with van der Waals surface area (Å²) in [7, 11) is 0. The molecule has 0 aliphatic rings. The molecule has 3 rings (SSSR count). The van der Waals surface area contributed by atoms with E-state index in [1.165, 1.54) is 11.6 Å². The van der Waals surface area contributed by atoms with Crippen molar-refractivity contribution in [2.75, 3.05) is 0 Å². The number of aromatic nitrogens is 3. The molecule has 7 nitrogen and oxygen atoms in total. The summed E-state index contributed by atoms with van der Waals surface area (Å²) in [6, 6.07) is 9.37. The average Bonchev–Trinajstić information content (AvgIpc) is 3.22. The molecule has 0 aliphatic heterocycles. The van der Waals surface area contributed by atoms with Gasteiger partial charge >= 0.3 is 5.97 Å². The predicted molar refractivity (Wildman–Crippen MR) is 79.5 cm³/mol. The average molecular weight is 313 g/mol. The Kier molecular flexibility index (Phi) is 4.18. The fourth-order valence-corrected chi connectivity index (χ4v) is 1.98. The number of hydrogen-bond acceptors (Lipinski definition) is 7. The molecule has 7 heteroatoms. The van der Waals surface area contributed by atoms with Gasteiger partial charge in [0.05, 0.1) is 5.69 Å². The summed E-state index contributed by atoms with van der Waals surface area (Å²) in [5.41, 5.74) is 2.68. The molecule has 0 bridgehead atoms. The van der Waals surface area contributed by atoms with E-state index >= 15 is 0 Å². The normalized spacial score (nSPS) is 10.7. The van der Waals surface area contributed by atoms with Crippen LogP contribution in [0.3, 0.4) is 0 Å². The molecule has 3 aromatic rings. The third-order valence-electron chi connectivity index (χ3n) is 3.24. The van der Waals surface area contributed by atoms with E-state index in [2.05, 4.69) is 22.2 Å². The first-order valence-electron chi connectivity index (χ1n) is 7.18. The van der Waals surface area contributed by atoms with Gasteiger partial charge in [-0.15, -0.1) is 0 Å². The summed E-state index contributed by atoms with van der Waals surface area (Å²) in [6.45, 7) is 3.68. The first-order valence-corrected chi connectivity index (χ1v) is 7.18. The van der Waals surface area contributed by atoms with E-state index in [1.807, 2.05) is 24.3 Å². The number of carbonyl (C=O) groups excluding carboxylic acids is 1. The van der Waals surface area contributed by atoms with Crippen LogP contribution in [0.15, 0.2) is 39.4 Å². The zero-order valence-electron chi connectivity index (χ0n) is 12.8. The quantitative estimate of drug-likeness (QED) is 0.669. The van der Waals surface area contributed by atoms with Crippen molar-refractivity contribution >= 4 is 5.97 Å². The van der Waals surface area contributed by atoms with Gasteiger partial charge in [-0.3, -0.25) is 0 Å². The molecule has 0 saturated heterocycles. The minimum atomic E-state index is -0.627. The van der Waals surface area contributed by atoms with E-state index in [-0.39, 0.29) is 18.3 Å². The Morgan fingerprint density at radius 1 is 1.17 bits per heavy atom. The minimum absolute atomic E-state index is 0.0393.